The van der Waals surface area contributed by atoms with Crippen LogP contribution < -0.4 is 9.64 Å². The lowest BCUT2D eigenvalue weighted by Crippen LogP contribution is -2.31. The summed E-state index contributed by atoms with van der Waals surface area (Å²) >= 11 is 0. The number of amides is 1. The van der Waals surface area contributed by atoms with E-state index < -0.39 is 29.5 Å². The molecule has 0 saturated heterocycles. The molecule has 204 valence electrons. The molecule has 3 aromatic carbocycles. The van der Waals surface area contributed by atoms with Gasteiger partial charge in [-0.1, -0.05) is 69.3 Å². The number of benzene rings is 3. The van der Waals surface area contributed by atoms with Crippen LogP contribution in [0.3, 0.4) is 0 Å². The molecule has 0 aliphatic carbocycles. The number of Topliss-reactive ketones (excluding diaryl/α,β-unsaturated/α-hetero) is 1. The molecule has 0 fully saturated rings. The lowest BCUT2D eigenvalue weighted by molar-refractivity contribution is -0.136. The summed E-state index contributed by atoms with van der Waals surface area (Å²) in [7, 11) is 1.50. The second-order valence-electron chi connectivity index (χ2n) is 10.8. The third kappa shape index (κ3) is 4.73. The van der Waals surface area contributed by atoms with Crippen LogP contribution in [0.1, 0.15) is 54.1 Å². The predicted octanol–water partition coefficient (Wildman–Crippen LogP) is 6.15. The molecule has 1 atom stereocenters. The Morgan fingerprint density at radius 2 is 1.68 bits per heavy atom. The van der Waals surface area contributed by atoms with Gasteiger partial charge in [0.25, 0.3) is 5.91 Å². The molecule has 8 nitrogen and oxygen atoms in total. The SMILES string of the molecule is COc1cccc2cc(C(=O)C3=C(O)C(=O)N(c4ccc(CC(=O)O)cc4)C3c3ccc(C(C)(C)C)cc3)oc12. The van der Waals surface area contributed by atoms with Crippen LogP contribution in [0.4, 0.5) is 5.69 Å². The Kier molecular flexibility index (Phi) is 6.71. The van der Waals surface area contributed by atoms with Gasteiger partial charge in [-0.2, -0.15) is 0 Å². The van der Waals surface area contributed by atoms with Crippen LogP contribution in [0.2, 0.25) is 0 Å². The number of anilines is 1. The van der Waals surface area contributed by atoms with Crippen molar-refractivity contribution in [1.82, 2.24) is 0 Å². The number of furan rings is 1. The summed E-state index contributed by atoms with van der Waals surface area (Å²) in [6.45, 7) is 6.26. The number of ketones is 1. The minimum Gasteiger partial charge on any atom is -0.503 e. The van der Waals surface area contributed by atoms with Gasteiger partial charge < -0.3 is 19.4 Å². The number of para-hydroxylation sites is 1. The molecule has 2 heterocycles. The molecule has 0 bridgehead atoms. The molecule has 5 rings (SSSR count). The van der Waals surface area contributed by atoms with E-state index >= 15 is 0 Å². The van der Waals surface area contributed by atoms with Gasteiger partial charge in [0.1, 0.15) is 0 Å². The monoisotopic (exact) mass is 539 g/mol. The van der Waals surface area contributed by atoms with Crippen LogP contribution in [-0.2, 0) is 21.4 Å². The molecule has 1 amide bonds. The van der Waals surface area contributed by atoms with Gasteiger partial charge >= 0.3 is 5.97 Å². The van der Waals surface area contributed by atoms with Gasteiger partial charge in [0.05, 0.1) is 25.1 Å². The summed E-state index contributed by atoms with van der Waals surface area (Å²) in [5, 5.41) is 20.9. The minimum absolute atomic E-state index is 0.0381. The van der Waals surface area contributed by atoms with E-state index in [0.717, 1.165) is 5.56 Å². The van der Waals surface area contributed by atoms with Gasteiger partial charge in [-0.05, 0) is 46.4 Å². The van der Waals surface area contributed by atoms with Crippen LogP contribution in [-0.4, -0.2) is 35.0 Å². The second-order valence-corrected chi connectivity index (χ2v) is 10.8. The third-order valence-corrected chi connectivity index (χ3v) is 7.07. The number of carboxylic acid groups (broad SMARTS) is 1. The standard InChI is InChI=1S/C32H29NO7/c1-32(2,3)21-12-10-19(11-13-21)27-26(28(36)24-17-20-6-5-7-23(39-4)30(20)40-24)29(37)31(38)33(27)22-14-8-18(9-15-22)16-25(34)35/h5-15,17,27,37H,16H2,1-4H3,(H,34,35). The van der Waals surface area contributed by atoms with E-state index in [9.17, 15) is 19.5 Å². The van der Waals surface area contributed by atoms with E-state index in [-0.39, 0.29) is 23.2 Å². The second kappa shape index (κ2) is 10.0. The zero-order valence-electron chi connectivity index (χ0n) is 22.6. The maximum absolute atomic E-state index is 13.9. The minimum atomic E-state index is -0.975. The number of ether oxygens (including phenoxy) is 1. The highest BCUT2D eigenvalue weighted by molar-refractivity contribution is 6.20. The smallest absolute Gasteiger partial charge is 0.307 e. The number of carboxylic acids is 1. The molecular formula is C32H29NO7. The Bertz CT molecular complexity index is 1650. The fraction of sp³-hybridized carbons (Fsp3) is 0.219. The number of aliphatic carboxylic acids is 1. The average Bonchev–Trinajstić information content (AvgIpc) is 3.47. The van der Waals surface area contributed by atoms with Crippen molar-refractivity contribution in [3.05, 3.63) is 107 Å². The normalized spacial score (nSPS) is 15.7. The highest BCUT2D eigenvalue weighted by atomic mass is 16.5. The molecule has 1 aliphatic heterocycles. The van der Waals surface area contributed by atoms with Gasteiger partial charge in [-0.15, -0.1) is 0 Å². The first kappa shape index (κ1) is 26.7. The highest BCUT2D eigenvalue weighted by Crippen LogP contribution is 2.43. The van der Waals surface area contributed by atoms with E-state index in [1.807, 2.05) is 24.3 Å². The molecule has 1 unspecified atom stereocenters. The number of rotatable bonds is 7. The van der Waals surface area contributed by atoms with Gasteiger partial charge in [0, 0.05) is 11.1 Å². The topological polar surface area (TPSA) is 117 Å². The number of nitrogens with zero attached hydrogens (tertiary/aromatic N) is 1. The largest absolute Gasteiger partial charge is 0.503 e. The maximum atomic E-state index is 13.9. The van der Waals surface area contributed by atoms with Crippen molar-refractivity contribution in [2.75, 3.05) is 12.0 Å². The number of methoxy groups -OCH3 is 1. The molecule has 0 saturated carbocycles. The van der Waals surface area contributed by atoms with Gasteiger partial charge in [0.2, 0.25) is 5.78 Å². The zero-order valence-corrected chi connectivity index (χ0v) is 22.6. The Morgan fingerprint density at radius 1 is 1.00 bits per heavy atom. The Hall–Kier alpha value is -4.85. The molecule has 1 aliphatic rings. The summed E-state index contributed by atoms with van der Waals surface area (Å²) < 4.78 is 11.2. The van der Waals surface area contributed by atoms with Crippen molar-refractivity contribution in [2.45, 2.75) is 38.6 Å². The van der Waals surface area contributed by atoms with Crippen molar-refractivity contribution in [2.24, 2.45) is 0 Å². The van der Waals surface area contributed by atoms with Gasteiger partial charge in [-0.3, -0.25) is 19.3 Å². The lowest BCUT2D eigenvalue weighted by atomic mass is 9.85. The van der Waals surface area contributed by atoms with Crippen LogP contribution >= 0.6 is 0 Å². The number of hydrogen-bond donors (Lipinski definition) is 2. The zero-order chi connectivity index (χ0) is 28.8. The molecule has 0 spiro atoms. The number of carbonyl (C=O) groups excluding carboxylic acids is 2. The molecule has 4 aromatic rings. The predicted molar refractivity (Wildman–Crippen MR) is 150 cm³/mol. The van der Waals surface area contributed by atoms with Crippen LogP contribution in [0, 0.1) is 0 Å². The molecule has 0 radical (unpaired) electrons. The van der Waals surface area contributed by atoms with E-state index in [4.69, 9.17) is 14.3 Å². The van der Waals surface area contributed by atoms with Gasteiger partial charge in [-0.25, -0.2) is 0 Å². The first-order valence-electron chi connectivity index (χ1n) is 12.8. The fourth-order valence-corrected chi connectivity index (χ4v) is 4.98. The summed E-state index contributed by atoms with van der Waals surface area (Å²) in [6.07, 6.45) is -0.172. The van der Waals surface area contributed by atoms with Crippen LogP contribution in [0.15, 0.2) is 88.5 Å². The van der Waals surface area contributed by atoms with E-state index in [2.05, 4.69) is 20.8 Å². The van der Waals surface area contributed by atoms with Crippen molar-refractivity contribution >= 4 is 34.3 Å². The first-order chi connectivity index (χ1) is 19.0. The average molecular weight is 540 g/mol. The van der Waals surface area contributed by atoms with Crippen molar-refractivity contribution in [1.29, 1.82) is 0 Å². The quantitative estimate of drug-likeness (QED) is 0.271. The Labute approximate surface area is 231 Å². The summed E-state index contributed by atoms with van der Waals surface area (Å²) in [4.78, 5) is 39.9. The van der Waals surface area contributed by atoms with E-state index in [1.54, 1.807) is 48.5 Å². The maximum Gasteiger partial charge on any atom is 0.307 e. The number of hydrogen-bond acceptors (Lipinski definition) is 6. The molecule has 2 N–H and O–H groups in total. The highest BCUT2D eigenvalue weighted by Gasteiger charge is 2.45. The summed E-state index contributed by atoms with van der Waals surface area (Å²) in [5.41, 5.74) is 2.81. The third-order valence-electron chi connectivity index (χ3n) is 7.07. The van der Waals surface area contributed by atoms with Gasteiger partial charge in [0.15, 0.2) is 22.9 Å². The molecular weight excluding hydrogens is 510 g/mol. The number of aliphatic hydroxyl groups excluding tert-OH is 1. The number of fused-ring (bicyclic) bond motifs is 1. The fourth-order valence-electron chi connectivity index (χ4n) is 4.98. The van der Waals surface area contributed by atoms with Crippen LogP contribution in [0.25, 0.3) is 11.0 Å². The van der Waals surface area contributed by atoms with E-state index in [1.165, 1.54) is 12.0 Å². The number of carbonyl (C=O) groups is 3. The summed E-state index contributed by atoms with van der Waals surface area (Å²) in [5.74, 6) is -2.60. The summed E-state index contributed by atoms with van der Waals surface area (Å²) in [6, 6.07) is 19.9. The van der Waals surface area contributed by atoms with Crippen molar-refractivity contribution in [3.8, 4) is 5.75 Å². The van der Waals surface area contributed by atoms with Crippen molar-refractivity contribution in [3.63, 3.8) is 0 Å². The molecule has 8 heteroatoms. The Morgan fingerprint density at radius 3 is 2.27 bits per heavy atom. The van der Waals surface area contributed by atoms with E-state index in [0.29, 0.717) is 33.5 Å². The van der Waals surface area contributed by atoms with Crippen molar-refractivity contribution < 1.29 is 33.8 Å². The Balaban J connectivity index is 1.62. The first-order valence-corrected chi connectivity index (χ1v) is 12.8. The lowest BCUT2D eigenvalue weighted by Gasteiger charge is -2.28. The van der Waals surface area contributed by atoms with Crippen LogP contribution in [0.5, 0.6) is 5.75 Å². The molecule has 1 aromatic heterocycles. The molecule has 40 heavy (non-hydrogen) atoms. The number of aliphatic hydroxyl groups is 1.